The number of methoxy groups -OCH3 is 1. The fraction of sp³-hybridized carbons (Fsp3) is 0.348. The summed E-state index contributed by atoms with van der Waals surface area (Å²) in [5.41, 5.74) is 4.06. The summed E-state index contributed by atoms with van der Waals surface area (Å²) in [6.45, 7) is 4.08. The van der Waals surface area contributed by atoms with Crippen LogP contribution in [0.5, 0.6) is 5.75 Å². The Morgan fingerprint density at radius 3 is 2.36 bits per heavy atom. The molecule has 0 unspecified atom stereocenters. The van der Waals surface area contributed by atoms with Gasteiger partial charge >= 0.3 is 0 Å². The molecule has 1 aliphatic carbocycles. The lowest BCUT2D eigenvalue weighted by atomic mass is 10.0. The molecule has 0 N–H and O–H groups in total. The number of aryl methyl sites for hydroxylation is 2. The Bertz CT molecular complexity index is 973. The van der Waals surface area contributed by atoms with Gasteiger partial charge in [0.25, 0.3) is 5.91 Å². The van der Waals surface area contributed by atoms with Gasteiger partial charge in [-0.25, -0.2) is 0 Å². The predicted molar refractivity (Wildman–Crippen MR) is 115 cm³/mol. The number of ether oxygens (including phenoxy) is 1. The van der Waals surface area contributed by atoms with Gasteiger partial charge in [-0.05, 0) is 87.1 Å². The fourth-order valence-corrected chi connectivity index (χ4v) is 4.52. The summed E-state index contributed by atoms with van der Waals surface area (Å²) in [6, 6.07) is 13.5. The minimum Gasteiger partial charge on any atom is -0.497 e. The number of benzene rings is 2. The normalized spacial score (nSPS) is 17.9. The molecule has 2 aliphatic rings. The molecule has 1 amide bonds. The molecule has 1 fully saturated rings. The monoisotopic (exact) mass is 392 g/mol. The average Bonchev–Trinajstić information content (AvgIpc) is 3.28. The molecule has 28 heavy (non-hydrogen) atoms. The highest BCUT2D eigenvalue weighted by Gasteiger charge is 2.50. The van der Waals surface area contributed by atoms with Gasteiger partial charge in [0.15, 0.2) is 0 Å². The number of hydrogen-bond acceptors (Lipinski definition) is 4. The van der Waals surface area contributed by atoms with Crippen molar-refractivity contribution >= 4 is 28.8 Å². The zero-order valence-corrected chi connectivity index (χ0v) is 17.3. The third kappa shape index (κ3) is 3.04. The van der Waals surface area contributed by atoms with Crippen LogP contribution in [0.25, 0.3) is 0 Å². The smallest absolute Gasteiger partial charge is 0.260 e. The van der Waals surface area contributed by atoms with Crippen LogP contribution in [0.2, 0.25) is 0 Å². The zero-order valence-electron chi connectivity index (χ0n) is 16.5. The van der Waals surface area contributed by atoms with Crippen LogP contribution in [-0.4, -0.2) is 34.3 Å². The van der Waals surface area contributed by atoms with Crippen LogP contribution in [0.3, 0.4) is 0 Å². The second kappa shape index (κ2) is 7.13. The maximum absolute atomic E-state index is 13.5. The van der Waals surface area contributed by atoms with E-state index < -0.39 is 5.66 Å². The predicted octanol–water partition coefficient (Wildman–Crippen LogP) is 4.85. The molecule has 5 heteroatoms. The molecule has 2 aromatic carbocycles. The second-order valence-electron chi connectivity index (χ2n) is 7.62. The first-order valence-electron chi connectivity index (χ1n) is 9.66. The summed E-state index contributed by atoms with van der Waals surface area (Å²) >= 11 is 5.79. The topological polar surface area (TPSA) is 41.9 Å². The third-order valence-corrected chi connectivity index (χ3v) is 6.24. The molecule has 144 valence electrons. The van der Waals surface area contributed by atoms with E-state index in [2.05, 4.69) is 0 Å². The van der Waals surface area contributed by atoms with Gasteiger partial charge in [-0.3, -0.25) is 14.7 Å². The number of carbonyl (C=O) groups excluding carboxylic acids is 1. The van der Waals surface area contributed by atoms with E-state index in [1.54, 1.807) is 12.0 Å². The maximum Gasteiger partial charge on any atom is 0.260 e. The van der Waals surface area contributed by atoms with Crippen LogP contribution in [0.15, 0.2) is 47.5 Å². The zero-order chi connectivity index (χ0) is 19.9. The van der Waals surface area contributed by atoms with E-state index in [1.165, 1.54) is 5.56 Å². The van der Waals surface area contributed by atoms with Crippen molar-refractivity contribution in [2.24, 2.45) is 4.99 Å². The number of rotatable bonds is 3. The van der Waals surface area contributed by atoms with Gasteiger partial charge in [-0.1, -0.05) is 18.3 Å². The Labute approximate surface area is 171 Å². The summed E-state index contributed by atoms with van der Waals surface area (Å²) in [5, 5.41) is 0. The lowest BCUT2D eigenvalue weighted by molar-refractivity contribution is 0.0724. The Morgan fingerprint density at radius 2 is 1.75 bits per heavy atom. The molecule has 1 spiro atoms. The fourth-order valence-electron chi connectivity index (χ4n) is 4.10. The molecule has 0 atom stereocenters. The van der Waals surface area contributed by atoms with Gasteiger partial charge in [0.05, 0.1) is 7.11 Å². The Kier molecular flexibility index (Phi) is 4.79. The van der Waals surface area contributed by atoms with E-state index in [4.69, 9.17) is 21.9 Å². The number of aliphatic imine (C=N–C) groups is 1. The van der Waals surface area contributed by atoms with E-state index in [0.29, 0.717) is 10.6 Å². The SMILES string of the molecule is COc1ccc(C2=NC3(CCCC3)N(C(=O)c3ccc(C)c(C)c3)C2=S)cc1. The quantitative estimate of drug-likeness (QED) is 0.701. The highest BCUT2D eigenvalue weighted by molar-refractivity contribution is 7.82. The van der Waals surface area contributed by atoms with Crippen LogP contribution in [-0.2, 0) is 0 Å². The van der Waals surface area contributed by atoms with E-state index in [9.17, 15) is 4.79 Å². The Balaban J connectivity index is 1.74. The molecule has 0 aromatic heterocycles. The van der Waals surface area contributed by atoms with Crippen molar-refractivity contribution in [3.63, 3.8) is 0 Å². The highest BCUT2D eigenvalue weighted by atomic mass is 32.1. The first-order valence-corrected chi connectivity index (χ1v) is 10.1. The summed E-state index contributed by atoms with van der Waals surface area (Å²) in [5.74, 6) is 0.731. The van der Waals surface area contributed by atoms with Crippen molar-refractivity contribution in [1.82, 2.24) is 4.90 Å². The lowest BCUT2D eigenvalue weighted by Gasteiger charge is -2.32. The molecular weight excluding hydrogens is 368 g/mol. The summed E-state index contributed by atoms with van der Waals surface area (Å²) < 4.78 is 5.25. The minimum atomic E-state index is -0.539. The van der Waals surface area contributed by atoms with Crippen molar-refractivity contribution in [3.05, 3.63) is 64.7 Å². The standard InChI is InChI=1S/C23H24N2O2S/c1-15-6-7-18(14-16(15)2)21(26)25-22(28)20(24-23(25)12-4-5-13-23)17-8-10-19(27-3)11-9-17/h6-11,14H,4-5,12-13H2,1-3H3. The summed E-state index contributed by atoms with van der Waals surface area (Å²) in [6.07, 6.45) is 3.81. The highest BCUT2D eigenvalue weighted by Crippen LogP contribution is 2.42. The summed E-state index contributed by atoms with van der Waals surface area (Å²) in [7, 11) is 1.64. The number of nitrogens with zero attached hydrogens (tertiary/aromatic N) is 2. The molecule has 0 bridgehead atoms. The second-order valence-corrected chi connectivity index (χ2v) is 8.01. The Hall–Kier alpha value is -2.53. The molecule has 0 radical (unpaired) electrons. The molecule has 4 rings (SSSR count). The van der Waals surface area contributed by atoms with Crippen LogP contribution < -0.4 is 4.74 Å². The van der Waals surface area contributed by atoms with E-state index in [-0.39, 0.29) is 5.91 Å². The number of hydrogen-bond donors (Lipinski definition) is 0. The van der Waals surface area contributed by atoms with Crippen LogP contribution in [0, 0.1) is 13.8 Å². The van der Waals surface area contributed by atoms with Crippen molar-refractivity contribution in [2.45, 2.75) is 45.2 Å². The number of amides is 1. The first kappa shape index (κ1) is 18.8. The molecule has 1 heterocycles. The third-order valence-electron chi connectivity index (χ3n) is 5.87. The maximum atomic E-state index is 13.5. The van der Waals surface area contributed by atoms with Gasteiger partial charge in [0, 0.05) is 11.1 Å². The average molecular weight is 393 g/mol. The van der Waals surface area contributed by atoms with Gasteiger partial charge in [-0.15, -0.1) is 0 Å². The Morgan fingerprint density at radius 1 is 1.07 bits per heavy atom. The summed E-state index contributed by atoms with van der Waals surface area (Å²) in [4.78, 5) is 20.8. The molecular formula is C23H24N2O2S. The van der Waals surface area contributed by atoms with Crippen LogP contribution in [0.1, 0.15) is 52.7 Å². The van der Waals surface area contributed by atoms with E-state index in [0.717, 1.165) is 48.3 Å². The van der Waals surface area contributed by atoms with Crippen LogP contribution >= 0.6 is 12.2 Å². The van der Waals surface area contributed by atoms with Crippen molar-refractivity contribution in [2.75, 3.05) is 7.11 Å². The van der Waals surface area contributed by atoms with Crippen molar-refractivity contribution in [1.29, 1.82) is 0 Å². The molecule has 1 aliphatic heterocycles. The van der Waals surface area contributed by atoms with E-state index in [1.807, 2.05) is 56.3 Å². The van der Waals surface area contributed by atoms with Crippen molar-refractivity contribution < 1.29 is 9.53 Å². The van der Waals surface area contributed by atoms with Gasteiger partial charge in [0.1, 0.15) is 22.1 Å². The first-order chi connectivity index (χ1) is 13.4. The minimum absolute atomic E-state index is 0.0535. The number of thiocarbonyl (C=S) groups is 1. The van der Waals surface area contributed by atoms with Gasteiger partial charge in [-0.2, -0.15) is 0 Å². The molecule has 4 nitrogen and oxygen atoms in total. The molecule has 0 saturated heterocycles. The van der Waals surface area contributed by atoms with Crippen molar-refractivity contribution in [3.8, 4) is 5.75 Å². The molecule has 2 aromatic rings. The largest absolute Gasteiger partial charge is 0.497 e. The lowest BCUT2D eigenvalue weighted by Crippen LogP contribution is -2.48. The van der Waals surface area contributed by atoms with Gasteiger partial charge < -0.3 is 4.74 Å². The molecule has 1 saturated carbocycles. The van der Waals surface area contributed by atoms with Gasteiger partial charge in [0.2, 0.25) is 0 Å². The van der Waals surface area contributed by atoms with Crippen LogP contribution in [0.4, 0.5) is 0 Å². The van der Waals surface area contributed by atoms with E-state index >= 15 is 0 Å². The number of carbonyl (C=O) groups is 1.